The minimum absolute atomic E-state index is 0.204. The molecule has 33 heavy (non-hydrogen) atoms. The fourth-order valence-electron chi connectivity index (χ4n) is 5.05. The average Bonchev–Trinajstić information content (AvgIpc) is 3.41. The summed E-state index contributed by atoms with van der Waals surface area (Å²) in [6.07, 6.45) is -0.158. The van der Waals surface area contributed by atoms with Gasteiger partial charge in [-0.05, 0) is 50.1 Å². The summed E-state index contributed by atoms with van der Waals surface area (Å²) in [6, 6.07) is 10.3. The normalized spacial score (nSPS) is 20.7. The van der Waals surface area contributed by atoms with Crippen molar-refractivity contribution in [3.63, 3.8) is 0 Å². The molecular formula is C24H29F3N6. The Morgan fingerprint density at radius 2 is 1.88 bits per heavy atom. The van der Waals surface area contributed by atoms with Crippen LogP contribution in [0.5, 0.6) is 0 Å². The fraction of sp³-hybridized carbons (Fsp3) is 0.500. The van der Waals surface area contributed by atoms with E-state index in [0.717, 1.165) is 54.2 Å². The van der Waals surface area contributed by atoms with Crippen molar-refractivity contribution >= 4 is 16.7 Å². The molecule has 4 heterocycles. The highest BCUT2D eigenvalue weighted by Crippen LogP contribution is 2.35. The highest BCUT2D eigenvalue weighted by Gasteiger charge is 2.33. The number of anilines is 1. The van der Waals surface area contributed by atoms with Crippen molar-refractivity contribution in [1.29, 1.82) is 0 Å². The second kappa shape index (κ2) is 8.95. The Balaban J connectivity index is 1.34. The molecule has 5 rings (SSSR count). The maximum atomic E-state index is 12.7. The highest BCUT2D eigenvalue weighted by molar-refractivity contribution is 5.89. The van der Waals surface area contributed by atoms with Crippen molar-refractivity contribution in [2.75, 3.05) is 44.2 Å². The molecule has 1 aromatic carbocycles. The van der Waals surface area contributed by atoms with E-state index in [1.54, 1.807) is 0 Å². The number of pyridine rings is 1. The summed E-state index contributed by atoms with van der Waals surface area (Å²) in [5.74, 6) is 0.958. The third-order valence-corrected chi connectivity index (χ3v) is 6.78. The first kappa shape index (κ1) is 22.2. The van der Waals surface area contributed by atoms with Gasteiger partial charge >= 0.3 is 6.18 Å². The molecule has 0 aliphatic carbocycles. The maximum Gasteiger partial charge on any atom is 0.401 e. The maximum absolute atomic E-state index is 12.7. The topological polar surface area (TPSA) is 51.3 Å². The summed E-state index contributed by atoms with van der Waals surface area (Å²) < 4.78 is 38.2. The number of H-pyrrole nitrogens is 1. The molecule has 9 heteroatoms. The van der Waals surface area contributed by atoms with E-state index < -0.39 is 12.7 Å². The third kappa shape index (κ3) is 4.84. The number of aromatic nitrogens is 3. The number of hydrogen-bond donors (Lipinski definition) is 1. The second-order valence-corrected chi connectivity index (χ2v) is 9.07. The van der Waals surface area contributed by atoms with E-state index in [4.69, 9.17) is 4.98 Å². The van der Waals surface area contributed by atoms with Crippen LogP contribution < -0.4 is 4.90 Å². The number of imidazole rings is 1. The minimum atomic E-state index is -4.15. The molecule has 0 radical (unpaired) electrons. The van der Waals surface area contributed by atoms with E-state index in [0.29, 0.717) is 26.2 Å². The Bertz CT molecular complexity index is 1100. The number of hydrogen-bond acceptors (Lipinski definition) is 5. The molecule has 2 aliphatic rings. The molecule has 176 valence electrons. The van der Waals surface area contributed by atoms with Gasteiger partial charge < -0.3 is 9.88 Å². The number of benzene rings is 1. The molecule has 0 saturated carbocycles. The molecule has 3 aromatic rings. The molecule has 0 spiro atoms. The number of fused-ring (bicyclic) bond motifs is 1. The number of piperazine rings is 1. The van der Waals surface area contributed by atoms with Crippen LogP contribution in [0.4, 0.5) is 18.9 Å². The van der Waals surface area contributed by atoms with Crippen molar-refractivity contribution in [3.8, 4) is 0 Å². The lowest BCUT2D eigenvalue weighted by molar-refractivity contribution is -0.146. The van der Waals surface area contributed by atoms with E-state index in [-0.39, 0.29) is 6.04 Å². The van der Waals surface area contributed by atoms with Crippen molar-refractivity contribution in [3.05, 3.63) is 53.6 Å². The first-order valence-electron chi connectivity index (χ1n) is 11.5. The van der Waals surface area contributed by atoms with Crippen LogP contribution in [-0.4, -0.2) is 70.2 Å². The summed E-state index contributed by atoms with van der Waals surface area (Å²) in [4.78, 5) is 19.2. The van der Waals surface area contributed by atoms with Gasteiger partial charge in [-0.2, -0.15) is 13.2 Å². The smallest absolute Gasteiger partial charge is 0.367 e. The van der Waals surface area contributed by atoms with E-state index in [1.165, 1.54) is 10.5 Å². The number of aromatic amines is 1. The van der Waals surface area contributed by atoms with Crippen LogP contribution in [0.2, 0.25) is 0 Å². The highest BCUT2D eigenvalue weighted by atomic mass is 19.4. The lowest BCUT2D eigenvalue weighted by atomic mass is 10.2. The van der Waals surface area contributed by atoms with Crippen molar-refractivity contribution in [1.82, 2.24) is 24.8 Å². The third-order valence-electron chi connectivity index (χ3n) is 6.78. The number of para-hydroxylation sites is 1. The van der Waals surface area contributed by atoms with E-state index >= 15 is 0 Å². The number of nitrogens with zero attached hydrogens (tertiary/aromatic N) is 5. The van der Waals surface area contributed by atoms with E-state index in [1.807, 2.05) is 30.5 Å². The summed E-state index contributed by atoms with van der Waals surface area (Å²) in [6.45, 7) is 4.96. The van der Waals surface area contributed by atoms with Crippen molar-refractivity contribution in [2.24, 2.45) is 0 Å². The van der Waals surface area contributed by atoms with Crippen LogP contribution in [0.15, 0.2) is 36.5 Å². The van der Waals surface area contributed by atoms with Gasteiger partial charge in [0.2, 0.25) is 0 Å². The Morgan fingerprint density at radius 3 is 2.64 bits per heavy atom. The van der Waals surface area contributed by atoms with Gasteiger partial charge in [0.15, 0.2) is 0 Å². The van der Waals surface area contributed by atoms with Crippen LogP contribution in [0, 0.1) is 6.92 Å². The van der Waals surface area contributed by atoms with Crippen LogP contribution in [0.3, 0.4) is 0 Å². The Hall–Kier alpha value is -2.65. The quantitative estimate of drug-likeness (QED) is 0.618. The summed E-state index contributed by atoms with van der Waals surface area (Å²) in [5.41, 5.74) is 5.16. The summed E-state index contributed by atoms with van der Waals surface area (Å²) in [5, 5.41) is 0. The van der Waals surface area contributed by atoms with E-state index in [9.17, 15) is 13.2 Å². The molecule has 0 amide bonds. The average molecular weight is 459 g/mol. The molecule has 2 aliphatic heterocycles. The second-order valence-electron chi connectivity index (χ2n) is 9.07. The molecule has 2 aromatic heterocycles. The van der Waals surface area contributed by atoms with Gasteiger partial charge in [-0.1, -0.05) is 12.1 Å². The zero-order chi connectivity index (χ0) is 23.0. The lowest BCUT2D eigenvalue weighted by Crippen LogP contribution is -2.49. The number of aryl methyl sites for hydroxylation is 1. The predicted octanol–water partition coefficient (Wildman–Crippen LogP) is 4.29. The van der Waals surface area contributed by atoms with Crippen LogP contribution in [-0.2, 0) is 6.54 Å². The van der Waals surface area contributed by atoms with Crippen LogP contribution in [0.1, 0.15) is 36.0 Å². The molecular weight excluding hydrogens is 429 g/mol. The van der Waals surface area contributed by atoms with Crippen molar-refractivity contribution in [2.45, 2.75) is 38.5 Å². The van der Waals surface area contributed by atoms with Gasteiger partial charge in [0, 0.05) is 38.9 Å². The number of rotatable bonds is 5. The molecule has 1 unspecified atom stereocenters. The zero-order valence-corrected chi connectivity index (χ0v) is 18.8. The summed E-state index contributed by atoms with van der Waals surface area (Å²) >= 11 is 0. The number of nitrogens with one attached hydrogen (secondary N) is 1. The van der Waals surface area contributed by atoms with E-state index in [2.05, 4.69) is 32.8 Å². The fourth-order valence-corrected chi connectivity index (χ4v) is 5.05. The molecule has 2 fully saturated rings. The number of halogens is 3. The van der Waals surface area contributed by atoms with Gasteiger partial charge in [-0.25, -0.2) is 4.98 Å². The number of alkyl halides is 3. The molecule has 0 bridgehead atoms. The Kier molecular flexibility index (Phi) is 6.01. The van der Waals surface area contributed by atoms with Gasteiger partial charge in [0.05, 0.1) is 29.5 Å². The lowest BCUT2D eigenvalue weighted by Gasteiger charge is -2.36. The standard InChI is InChI=1S/C24H29F3N6/c1-17-5-3-9-28-19(17)15-33-10-4-8-21(33)23-29-18-6-2-7-20(22(18)30-23)32-13-11-31(12-14-32)16-24(25,26)27/h2-3,5-7,9,21H,4,8,10-16H2,1H3,(H,29,30). The predicted molar refractivity (Wildman–Crippen MR) is 122 cm³/mol. The van der Waals surface area contributed by atoms with Crippen molar-refractivity contribution < 1.29 is 13.2 Å². The zero-order valence-electron chi connectivity index (χ0n) is 18.8. The monoisotopic (exact) mass is 458 g/mol. The van der Waals surface area contributed by atoms with Gasteiger partial charge in [-0.3, -0.25) is 14.8 Å². The van der Waals surface area contributed by atoms with Gasteiger partial charge in [0.25, 0.3) is 0 Å². The molecule has 6 nitrogen and oxygen atoms in total. The molecule has 1 atom stereocenters. The SMILES string of the molecule is Cc1cccnc1CN1CCCC1c1nc2c(N3CCN(CC(F)(F)F)CC3)cccc2[nH]1. The minimum Gasteiger partial charge on any atom is -0.367 e. The van der Waals surface area contributed by atoms with Crippen LogP contribution in [0.25, 0.3) is 11.0 Å². The summed E-state index contributed by atoms with van der Waals surface area (Å²) in [7, 11) is 0. The van der Waals surface area contributed by atoms with Crippen LogP contribution >= 0.6 is 0 Å². The molecule has 2 saturated heterocycles. The largest absolute Gasteiger partial charge is 0.401 e. The first-order valence-corrected chi connectivity index (χ1v) is 11.5. The Labute approximate surface area is 191 Å². The number of likely N-dealkylation sites (tertiary alicyclic amines) is 1. The van der Waals surface area contributed by atoms with Gasteiger partial charge in [-0.15, -0.1) is 0 Å². The molecule has 1 N–H and O–H groups in total. The Morgan fingerprint density at radius 1 is 1.06 bits per heavy atom. The van der Waals surface area contributed by atoms with Gasteiger partial charge in [0.1, 0.15) is 11.3 Å². The first-order chi connectivity index (χ1) is 15.9.